The lowest BCUT2D eigenvalue weighted by Crippen LogP contribution is -2.32. The smallest absolute Gasteiger partial charge is 0.326 e. The van der Waals surface area contributed by atoms with Gasteiger partial charge in [-0.3, -0.25) is 19.0 Å². The number of aromatic nitrogens is 2. The third-order valence-electron chi connectivity index (χ3n) is 3.79. The van der Waals surface area contributed by atoms with Crippen LogP contribution in [0.15, 0.2) is 58.2 Å². The lowest BCUT2D eigenvalue weighted by Gasteiger charge is -2.15. The Bertz CT molecular complexity index is 978. The van der Waals surface area contributed by atoms with Crippen molar-refractivity contribution in [3.05, 3.63) is 65.1 Å². The third kappa shape index (κ3) is 3.97. The Morgan fingerprint density at radius 3 is 2.81 bits per heavy atom. The monoisotopic (exact) mass is 355 g/mol. The van der Waals surface area contributed by atoms with E-state index < -0.39 is 12.6 Å². The van der Waals surface area contributed by atoms with Gasteiger partial charge in [0.2, 0.25) is 0 Å². The van der Waals surface area contributed by atoms with Gasteiger partial charge in [-0.15, -0.1) is 0 Å². The quantitative estimate of drug-likeness (QED) is 0.617. The molecule has 134 valence electrons. The molecule has 0 saturated carbocycles. The van der Waals surface area contributed by atoms with E-state index in [4.69, 9.17) is 9.15 Å². The Balaban J connectivity index is 1.56. The maximum absolute atomic E-state index is 12.3. The van der Waals surface area contributed by atoms with Crippen LogP contribution in [0.25, 0.3) is 10.9 Å². The number of amides is 1. The number of para-hydroxylation sites is 1. The number of furan rings is 1. The Kier molecular flexibility index (Phi) is 5.12. The minimum Gasteiger partial charge on any atom is -0.467 e. The zero-order valence-electron chi connectivity index (χ0n) is 14.1. The highest BCUT2D eigenvalue weighted by Crippen LogP contribution is 2.05. The van der Waals surface area contributed by atoms with Crippen LogP contribution in [0, 0.1) is 0 Å². The van der Waals surface area contributed by atoms with Crippen LogP contribution in [0.2, 0.25) is 0 Å². The van der Waals surface area contributed by atoms with E-state index in [9.17, 15) is 14.4 Å². The van der Waals surface area contributed by atoms with Gasteiger partial charge in [0.25, 0.3) is 11.5 Å². The van der Waals surface area contributed by atoms with Gasteiger partial charge < -0.3 is 14.1 Å². The van der Waals surface area contributed by atoms with Crippen molar-refractivity contribution >= 4 is 22.8 Å². The van der Waals surface area contributed by atoms with E-state index >= 15 is 0 Å². The molecular formula is C18H17N3O5. The van der Waals surface area contributed by atoms with Crippen molar-refractivity contribution < 1.29 is 18.7 Å². The molecule has 2 aromatic heterocycles. The van der Waals surface area contributed by atoms with Crippen LogP contribution in [0.5, 0.6) is 0 Å². The minimum atomic E-state index is -0.691. The van der Waals surface area contributed by atoms with E-state index in [1.54, 1.807) is 43.4 Å². The molecule has 1 aromatic carbocycles. The lowest BCUT2D eigenvalue weighted by atomic mass is 10.2. The van der Waals surface area contributed by atoms with Gasteiger partial charge in [-0.1, -0.05) is 12.1 Å². The average Bonchev–Trinajstić information content (AvgIpc) is 3.15. The predicted molar refractivity (Wildman–Crippen MR) is 92.1 cm³/mol. The van der Waals surface area contributed by atoms with Gasteiger partial charge in [0, 0.05) is 7.05 Å². The molecule has 3 aromatic rings. The molecular weight excluding hydrogens is 338 g/mol. The van der Waals surface area contributed by atoms with Crippen LogP contribution in [-0.4, -0.2) is 40.0 Å². The van der Waals surface area contributed by atoms with Crippen molar-refractivity contribution in [2.45, 2.75) is 13.1 Å². The average molecular weight is 355 g/mol. The van der Waals surface area contributed by atoms with Crippen molar-refractivity contribution in [3.63, 3.8) is 0 Å². The molecule has 0 atom stereocenters. The van der Waals surface area contributed by atoms with Gasteiger partial charge >= 0.3 is 5.97 Å². The maximum Gasteiger partial charge on any atom is 0.326 e. The number of ether oxygens (including phenoxy) is 1. The number of nitrogens with zero attached hydrogens (tertiary/aromatic N) is 3. The fraction of sp³-hybridized carbons (Fsp3) is 0.222. The molecule has 8 heteroatoms. The molecule has 0 fully saturated rings. The van der Waals surface area contributed by atoms with E-state index in [1.165, 1.54) is 17.5 Å². The highest BCUT2D eigenvalue weighted by molar-refractivity contribution is 5.81. The van der Waals surface area contributed by atoms with Crippen LogP contribution in [0.3, 0.4) is 0 Å². The summed E-state index contributed by atoms with van der Waals surface area (Å²) >= 11 is 0. The summed E-state index contributed by atoms with van der Waals surface area (Å²) in [6, 6.07) is 10.3. The fourth-order valence-corrected chi connectivity index (χ4v) is 2.38. The Hall–Kier alpha value is -3.42. The summed E-state index contributed by atoms with van der Waals surface area (Å²) in [4.78, 5) is 41.8. The van der Waals surface area contributed by atoms with Crippen molar-refractivity contribution in [3.8, 4) is 0 Å². The van der Waals surface area contributed by atoms with E-state index in [0.717, 1.165) is 4.57 Å². The van der Waals surface area contributed by atoms with E-state index in [2.05, 4.69) is 4.98 Å². The second kappa shape index (κ2) is 7.64. The Labute approximate surface area is 148 Å². The minimum absolute atomic E-state index is 0.275. The van der Waals surface area contributed by atoms with Crippen molar-refractivity contribution in [1.82, 2.24) is 14.5 Å². The zero-order valence-corrected chi connectivity index (χ0v) is 14.1. The van der Waals surface area contributed by atoms with Gasteiger partial charge in [-0.2, -0.15) is 0 Å². The number of carbonyl (C=O) groups is 2. The summed E-state index contributed by atoms with van der Waals surface area (Å²) < 4.78 is 11.3. The van der Waals surface area contributed by atoms with Gasteiger partial charge in [0.15, 0.2) is 6.61 Å². The van der Waals surface area contributed by atoms with Crippen molar-refractivity contribution in [2.75, 3.05) is 13.7 Å². The highest BCUT2D eigenvalue weighted by atomic mass is 16.5. The number of esters is 1. The molecule has 26 heavy (non-hydrogen) atoms. The number of carbonyl (C=O) groups excluding carboxylic acids is 2. The first-order valence-corrected chi connectivity index (χ1v) is 7.91. The number of fused-ring (bicyclic) bond motifs is 1. The Morgan fingerprint density at radius 2 is 2.04 bits per heavy atom. The lowest BCUT2D eigenvalue weighted by molar-refractivity contribution is -0.152. The number of rotatable bonds is 6. The summed E-state index contributed by atoms with van der Waals surface area (Å²) in [5.74, 6) is -0.441. The van der Waals surface area contributed by atoms with Crippen LogP contribution in [-0.2, 0) is 27.4 Å². The van der Waals surface area contributed by atoms with E-state index in [1.807, 2.05) is 0 Å². The van der Waals surface area contributed by atoms with Crippen LogP contribution >= 0.6 is 0 Å². The van der Waals surface area contributed by atoms with Crippen LogP contribution in [0.4, 0.5) is 0 Å². The summed E-state index contributed by atoms with van der Waals surface area (Å²) in [5.41, 5.74) is 0.214. The molecule has 3 rings (SSSR count). The molecule has 0 aliphatic rings. The molecule has 0 bridgehead atoms. The standard InChI is InChI=1S/C18H17N3O5/c1-20(9-13-5-4-8-25-13)16(22)11-26-17(23)10-21-12-19-15-7-3-2-6-14(15)18(21)24/h2-8,12H,9-11H2,1H3. The largest absolute Gasteiger partial charge is 0.467 e. The first kappa shape index (κ1) is 17.4. The molecule has 0 unspecified atom stereocenters. The molecule has 0 saturated heterocycles. The maximum atomic E-state index is 12.3. The molecule has 0 spiro atoms. The van der Waals surface area contributed by atoms with Crippen molar-refractivity contribution in [1.29, 1.82) is 0 Å². The van der Waals surface area contributed by atoms with E-state index in [0.29, 0.717) is 16.7 Å². The molecule has 1 amide bonds. The van der Waals surface area contributed by atoms with Gasteiger partial charge in [0.1, 0.15) is 12.3 Å². The molecule has 0 aliphatic carbocycles. The van der Waals surface area contributed by atoms with Gasteiger partial charge in [-0.25, -0.2) is 4.98 Å². The second-order valence-electron chi connectivity index (χ2n) is 5.68. The fourth-order valence-electron chi connectivity index (χ4n) is 2.38. The molecule has 0 radical (unpaired) electrons. The van der Waals surface area contributed by atoms with E-state index in [-0.39, 0.29) is 24.6 Å². The summed E-state index contributed by atoms with van der Waals surface area (Å²) in [6.07, 6.45) is 2.81. The first-order chi connectivity index (χ1) is 12.5. The number of hydrogen-bond acceptors (Lipinski definition) is 6. The molecule has 2 heterocycles. The molecule has 8 nitrogen and oxygen atoms in total. The predicted octanol–water partition coefficient (Wildman–Crippen LogP) is 1.19. The second-order valence-corrected chi connectivity index (χ2v) is 5.68. The van der Waals surface area contributed by atoms with Gasteiger partial charge in [-0.05, 0) is 24.3 Å². The zero-order chi connectivity index (χ0) is 18.5. The molecule has 0 N–H and O–H groups in total. The number of likely N-dealkylation sites (N-methyl/N-ethyl adjacent to an activating group) is 1. The third-order valence-corrected chi connectivity index (χ3v) is 3.79. The van der Waals surface area contributed by atoms with Gasteiger partial charge in [0.05, 0.1) is 30.0 Å². The first-order valence-electron chi connectivity index (χ1n) is 7.91. The van der Waals surface area contributed by atoms with Crippen LogP contribution in [0.1, 0.15) is 5.76 Å². The summed E-state index contributed by atoms with van der Waals surface area (Å²) in [6.45, 7) is -0.449. The summed E-state index contributed by atoms with van der Waals surface area (Å²) in [5, 5.41) is 0.414. The Morgan fingerprint density at radius 1 is 1.23 bits per heavy atom. The summed E-state index contributed by atoms with van der Waals surface area (Å²) in [7, 11) is 1.58. The SMILES string of the molecule is CN(Cc1ccco1)C(=O)COC(=O)Cn1cnc2ccccc2c1=O. The highest BCUT2D eigenvalue weighted by Gasteiger charge is 2.14. The normalized spacial score (nSPS) is 10.7. The molecule has 0 aliphatic heterocycles. The van der Waals surface area contributed by atoms with Crippen LogP contribution < -0.4 is 5.56 Å². The number of benzene rings is 1. The number of hydrogen-bond donors (Lipinski definition) is 0. The van der Waals surface area contributed by atoms with Crippen molar-refractivity contribution in [2.24, 2.45) is 0 Å². The topological polar surface area (TPSA) is 94.6 Å².